The van der Waals surface area contributed by atoms with Crippen molar-refractivity contribution in [1.82, 2.24) is 5.32 Å². The van der Waals surface area contributed by atoms with Crippen molar-refractivity contribution in [1.29, 1.82) is 0 Å². The maximum Gasteiger partial charge on any atom is 0.409 e. The van der Waals surface area contributed by atoms with E-state index in [1.807, 2.05) is 51.1 Å². The summed E-state index contributed by atoms with van der Waals surface area (Å²) in [7, 11) is 0. The summed E-state index contributed by atoms with van der Waals surface area (Å²) in [6, 6.07) is 9.20. The molecule has 16 heavy (non-hydrogen) atoms. The molecule has 0 aliphatic heterocycles. The lowest BCUT2D eigenvalue weighted by Gasteiger charge is -2.22. The topological polar surface area (TPSA) is 64.3 Å². The fourth-order valence-corrected chi connectivity index (χ4v) is 1.16. The van der Waals surface area contributed by atoms with Crippen LogP contribution in [0.2, 0.25) is 0 Å². The Morgan fingerprint density at radius 1 is 1.31 bits per heavy atom. The molecule has 1 aromatic rings. The van der Waals surface area contributed by atoms with E-state index in [-0.39, 0.29) is 5.54 Å². The average molecular weight is 222 g/mol. The first kappa shape index (κ1) is 12.5. The van der Waals surface area contributed by atoms with E-state index in [9.17, 15) is 4.79 Å². The van der Waals surface area contributed by atoms with Crippen LogP contribution >= 0.6 is 0 Å². The molecule has 0 spiro atoms. The highest BCUT2D eigenvalue weighted by Gasteiger charge is 2.17. The number of rotatable bonds is 2. The molecule has 1 rings (SSSR count). The Balaban J connectivity index is 2.52. The third-order valence-electron chi connectivity index (χ3n) is 1.84. The number of nitrogens with one attached hydrogen (secondary N) is 1. The highest BCUT2D eigenvalue weighted by atomic mass is 16.6. The lowest BCUT2D eigenvalue weighted by Crippen LogP contribution is -2.42. The molecule has 88 valence electrons. The lowest BCUT2D eigenvalue weighted by atomic mass is 10.1. The molecule has 0 aliphatic rings. The standard InChI is InChI=1S/C12H18N2O2/c1-12(2,3)14-11(15)16-10(13)9-7-5-4-6-8-9/h4-8,10H,13H2,1-3H3,(H,14,15). The first-order valence-corrected chi connectivity index (χ1v) is 5.18. The number of carbonyl (C=O) groups is 1. The van der Waals surface area contributed by atoms with Gasteiger partial charge in [-0.15, -0.1) is 0 Å². The predicted molar refractivity (Wildman–Crippen MR) is 62.7 cm³/mol. The van der Waals surface area contributed by atoms with Gasteiger partial charge in [0.05, 0.1) is 0 Å². The highest BCUT2D eigenvalue weighted by molar-refractivity contribution is 5.68. The van der Waals surface area contributed by atoms with Gasteiger partial charge in [0.2, 0.25) is 0 Å². The third kappa shape index (κ3) is 4.31. The second-order valence-corrected chi connectivity index (χ2v) is 4.61. The number of alkyl carbamates (subject to hydrolysis) is 1. The smallest absolute Gasteiger partial charge is 0.409 e. The summed E-state index contributed by atoms with van der Waals surface area (Å²) in [5.74, 6) is 0. The minimum absolute atomic E-state index is 0.326. The number of benzene rings is 1. The van der Waals surface area contributed by atoms with Gasteiger partial charge in [-0.3, -0.25) is 5.73 Å². The zero-order valence-corrected chi connectivity index (χ0v) is 9.86. The number of hydrogen-bond acceptors (Lipinski definition) is 3. The van der Waals surface area contributed by atoms with Gasteiger partial charge in [0.15, 0.2) is 6.23 Å². The molecular formula is C12H18N2O2. The Bertz CT molecular complexity index is 344. The Labute approximate surface area is 95.8 Å². The van der Waals surface area contributed by atoms with Gasteiger partial charge in [-0.25, -0.2) is 4.79 Å². The molecule has 0 aromatic heterocycles. The molecule has 0 bridgehead atoms. The van der Waals surface area contributed by atoms with Crippen LogP contribution in [0.5, 0.6) is 0 Å². The van der Waals surface area contributed by atoms with Crippen molar-refractivity contribution in [2.24, 2.45) is 5.73 Å². The summed E-state index contributed by atoms with van der Waals surface area (Å²) >= 11 is 0. The molecular weight excluding hydrogens is 204 g/mol. The number of carbonyl (C=O) groups excluding carboxylic acids is 1. The van der Waals surface area contributed by atoms with Crippen molar-refractivity contribution in [3.8, 4) is 0 Å². The van der Waals surface area contributed by atoms with Gasteiger partial charge >= 0.3 is 6.09 Å². The van der Waals surface area contributed by atoms with E-state index in [2.05, 4.69) is 5.32 Å². The number of ether oxygens (including phenoxy) is 1. The highest BCUT2D eigenvalue weighted by Crippen LogP contribution is 2.11. The van der Waals surface area contributed by atoms with E-state index in [0.29, 0.717) is 0 Å². The number of hydrogen-bond donors (Lipinski definition) is 2. The molecule has 0 fully saturated rings. The van der Waals surface area contributed by atoms with Crippen molar-refractivity contribution in [3.05, 3.63) is 35.9 Å². The number of nitrogens with two attached hydrogens (primary N) is 1. The Hall–Kier alpha value is -1.55. The molecule has 1 atom stereocenters. The van der Waals surface area contributed by atoms with Crippen LogP contribution in [0.25, 0.3) is 0 Å². The molecule has 4 heteroatoms. The summed E-state index contributed by atoms with van der Waals surface area (Å²) in [6.07, 6.45) is -1.24. The van der Waals surface area contributed by atoms with Crippen LogP contribution in [0.4, 0.5) is 4.79 Å². The lowest BCUT2D eigenvalue weighted by molar-refractivity contribution is 0.0943. The maximum atomic E-state index is 11.4. The van der Waals surface area contributed by atoms with E-state index in [4.69, 9.17) is 10.5 Å². The molecule has 1 aromatic carbocycles. The monoisotopic (exact) mass is 222 g/mol. The zero-order chi connectivity index (χ0) is 12.2. The van der Waals surface area contributed by atoms with Crippen molar-refractivity contribution in [3.63, 3.8) is 0 Å². The molecule has 1 amide bonds. The maximum absolute atomic E-state index is 11.4. The van der Waals surface area contributed by atoms with E-state index in [1.165, 1.54) is 0 Å². The van der Waals surface area contributed by atoms with Crippen LogP contribution in [-0.4, -0.2) is 11.6 Å². The SMILES string of the molecule is CC(C)(C)NC(=O)OC(N)c1ccccc1. The molecule has 3 N–H and O–H groups in total. The van der Waals surface area contributed by atoms with Crippen LogP contribution in [0.3, 0.4) is 0 Å². The second kappa shape index (κ2) is 4.99. The summed E-state index contributed by atoms with van der Waals surface area (Å²) in [5, 5.41) is 2.68. The van der Waals surface area contributed by atoms with Crippen LogP contribution in [0, 0.1) is 0 Å². The van der Waals surface area contributed by atoms with Gasteiger partial charge < -0.3 is 10.1 Å². The van der Waals surface area contributed by atoms with Crippen LogP contribution in [0.1, 0.15) is 32.6 Å². The summed E-state index contributed by atoms with van der Waals surface area (Å²) in [6.45, 7) is 5.63. The fourth-order valence-electron chi connectivity index (χ4n) is 1.16. The summed E-state index contributed by atoms with van der Waals surface area (Å²) in [5.41, 5.74) is 6.18. The third-order valence-corrected chi connectivity index (χ3v) is 1.84. The van der Waals surface area contributed by atoms with Crippen molar-refractivity contribution in [2.45, 2.75) is 32.5 Å². The predicted octanol–water partition coefficient (Wildman–Crippen LogP) is 2.17. The number of amides is 1. The van der Waals surface area contributed by atoms with Gasteiger partial charge in [0.1, 0.15) is 0 Å². The second-order valence-electron chi connectivity index (χ2n) is 4.61. The van der Waals surface area contributed by atoms with Gasteiger partial charge in [0.25, 0.3) is 0 Å². The fraction of sp³-hybridized carbons (Fsp3) is 0.417. The molecule has 0 saturated carbocycles. The Kier molecular flexibility index (Phi) is 3.90. The van der Waals surface area contributed by atoms with Crippen molar-refractivity contribution >= 4 is 6.09 Å². The molecule has 0 heterocycles. The molecule has 1 unspecified atom stereocenters. The first-order valence-electron chi connectivity index (χ1n) is 5.18. The van der Waals surface area contributed by atoms with Crippen molar-refractivity contribution < 1.29 is 9.53 Å². The van der Waals surface area contributed by atoms with Crippen LogP contribution in [-0.2, 0) is 4.74 Å². The van der Waals surface area contributed by atoms with Crippen LogP contribution < -0.4 is 11.1 Å². The molecule has 4 nitrogen and oxygen atoms in total. The van der Waals surface area contributed by atoms with Gasteiger partial charge in [-0.05, 0) is 20.8 Å². The Morgan fingerprint density at radius 2 is 1.88 bits per heavy atom. The van der Waals surface area contributed by atoms with Crippen LogP contribution in [0.15, 0.2) is 30.3 Å². The average Bonchev–Trinajstić information content (AvgIpc) is 2.16. The van der Waals surface area contributed by atoms with Gasteiger partial charge in [-0.2, -0.15) is 0 Å². The normalized spacial score (nSPS) is 13.0. The van der Waals surface area contributed by atoms with E-state index in [1.54, 1.807) is 0 Å². The molecule has 0 radical (unpaired) electrons. The quantitative estimate of drug-likeness (QED) is 0.754. The van der Waals surface area contributed by atoms with E-state index < -0.39 is 12.3 Å². The minimum Gasteiger partial charge on any atom is -0.426 e. The minimum atomic E-state index is -0.733. The van der Waals surface area contributed by atoms with E-state index in [0.717, 1.165) is 5.56 Å². The molecule has 0 saturated heterocycles. The summed E-state index contributed by atoms with van der Waals surface area (Å²) in [4.78, 5) is 11.4. The zero-order valence-electron chi connectivity index (χ0n) is 9.86. The van der Waals surface area contributed by atoms with E-state index >= 15 is 0 Å². The summed E-state index contributed by atoms with van der Waals surface area (Å²) < 4.78 is 5.04. The first-order chi connectivity index (χ1) is 7.38. The largest absolute Gasteiger partial charge is 0.426 e. The van der Waals surface area contributed by atoms with Crippen molar-refractivity contribution in [2.75, 3.05) is 0 Å². The Morgan fingerprint density at radius 3 is 2.38 bits per heavy atom. The molecule has 0 aliphatic carbocycles. The van der Waals surface area contributed by atoms with Gasteiger partial charge in [-0.1, -0.05) is 30.3 Å². The van der Waals surface area contributed by atoms with Gasteiger partial charge in [0, 0.05) is 11.1 Å².